The van der Waals surface area contributed by atoms with Crippen LogP contribution in [0.25, 0.3) is 20.3 Å². The third-order valence-electron chi connectivity index (χ3n) is 7.68. The zero-order chi connectivity index (χ0) is 26.3. The fourth-order valence-electron chi connectivity index (χ4n) is 5.53. The standard InChI is InChI=1S/C28H34N4O3S2/c1-17-16-36-28-25(17)18(2)27(37-28)30(4)19-8-10-31(11-9-19)12-13-32-23-14-20(35-5)6-7-21(23)22(15-24(32)33)26(34)29-3/h6-7,14-16,19H,8-13H2,1-5H3,(H,29,34). The lowest BCUT2D eigenvalue weighted by Crippen LogP contribution is -2.44. The van der Waals surface area contributed by atoms with Crippen molar-refractivity contribution >= 4 is 53.9 Å². The lowest BCUT2D eigenvalue weighted by molar-refractivity contribution is 0.0964. The molecule has 1 fully saturated rings. The summed E-state index contributed by atoms with van der Waals surface area (Å²) in [6, 6.07) is 7.49. The molecule has 0 unspecified atom stereocenters. The van der Waals surface area contributed by atoms with Gasteiger partial charge in [-0.05, 0) is 55.3 Å². The number of benzene rings is 1. The molecule has 1 saturated heterocycles. The van der Waals surface area contributed by atoms with E-state index in [9.17, 15) is 9.59 Å². The molecule has 9 heteroatoms. The van der Waals surface area contributed by atoms with Gasteiger partial charge in [0.15, 0.2) is 0 Å². The number of carbonyl (C=O) groups is 1. The number of rotatable bonds is 7. The predicted molar refractivity (Wildman–Crippen MR) is 155 cm³/mol. The van der Waals surface area contributed by atoms with Gasteiger partial charge < -0.3 is 24.4 Å². The van der Waals surface area contributed by atoms with Gasteiger partial charge >= 0.3 is 0 Å². The van der Waals surface area contributed by atoms with Crippen molar-refractivity contribution in [1.82, 2.24) is 14.8 Å². The molecule has 4 aromatic rings. The van der Waals surface area contributed by atoms with Crippen molar-refractivity contribution in [2.24, 2.45) is 0 Å². The van der Waals surface area contributed by atoms with Crippen LogP contribution in [0.3, 0.4) is 0 Å². The molecular formula is C28H34N4O3S2. The summed E-state index contributed by atoms with van der Waals surface area (Å²) in [5.74, 6) is 0.402. The number of methoxy groups -OCH3 is 1. The number of aryl methyl sites for hydroxylation is 2. The molecular weight excluding hydrogens is 504 g/mol. The van der Waals surface area contributed by atoms with Gasteiger partial charge in [-0.15, -0.1) is 22.7 Å². The molecule has 1 amide bonds. The van der Waals surface area contributed by atoms with Gasteiger partial charge in [-0.1, -0.05) is 0 Å². The number of nitrogens with zero attached hydrogens (tertiary/aromatic N) is 3. The van der Waals surface area contributed by atoms with E-state index in [2.05, 4.69) is 41.4 Å². The van der Waals surface area contributed by atoms with Gasteiger partial charge in [0.1, 0.15) is 5.75 Å². The van der Waals surface area contributed by atoms with Gasteiger partial charge in [-0.25, -0.2) is 0 Å². The largest absolute Gasteiger partial charge is 0.497 e. The second kappa shape index (κ2) is 10.5. The molecule has 0 bridgehead atoms. The number of fused-ring (bicyclic) bond motifs is 2. The first kappa shape index (κ1) is 25.8. The average molecular weight is 539 g/mol. The van der Waals surface area contributed by atoms with Crippen LogP contribution < -0.4 is 20.5 Å². The molecule has 5 rings (SSSR count). The number of ether oxygens (including phenoxy) is 1. The maximum absolute atomic E-state index is 13.1. The van der Waals surface area contributed by atoms with E-state index < -0.39 is 0 Å². The number of nitrogens with one attached hydrogen (secondary N) is 1. The van der Waals surface area contributed by atoms with Crippen molar-refractivity contribution in [1.29, 1.82) is 0 Å². The van der Waals surface area contributed by atoms with Crippen molar-refractivity contribution < 1.29 is 9.53 Å². The number of likely N-dealkylation sites (tertiary alicyclic amines) is 1. The summed E-state index contributed by atoms with van der Waals surface area (Å²) in [7, 11) is 5.43. The van der Waals surface area contributed by atoms with Crippen LogP contribution in [0.15, 0.2) is 34.4 Å². The number of hydrogen-bond donors (Lipinski definition) is 1. The van der Waals surface area contributed by atoms with E-state index in [1.165, 1.54) is 31.6 Å². The van der Waals surface area contributed by atoms with Gasteiger partial charge in [0, 0.05) is 69.2 Å². The van der Waals surface area contributed by atoms with Crippen LogP contribution in [-0.2, 0) is 6.54 Å². The van der Waals surface area contributed by atoms with Gasteiger partial charge in [-0.2, -0.15) is 0 Å². The van der Waals surface area contributed by atoms with E-state index >= 15 is 0 Å². The maximum Gasteiger partial charge on any atom is 0.251 e. The third-order valence-corrected chi connectivity index (χ3v) is 10.3. The topological polar surface area (TPSA) is 66.8 Å². The number of hydrogen-bond acceptors (Lipinski definition) is 7. The molecule has 0 atom stereocenters. The molecule has 0 radical (unpaired) electrons. The Balaban J connectivity index is 1.29. The van der Waals surface area contributed by atoms with Gasteiger partial charge in [0.05, 0.1) is 27.2 Å². The smallest absolute Gasteiger partial charge is 0.251 e. The first-order chi connectivity index (χ1) is 17.8. The van der Waals surface area contributed by atoms with Crippen molar-refractivity contribution in [2.45, 2.75) is 39.3 Å². The number of aromatic nitrogens is 1. The van der Waals surface area contributed by atoms with E-state index in [4.69, 9.17) is 4.74 Å². The summed E-state index contributed by atoms with van der Waals surface area (Å²) >= 11 is 3.77. The molecule has 4 heterocycles. The van der Waals surface area contributed by atoms with Gasteiger partial charge in [0.25, 0.3) is 11.5 Å². The van der Waals surface area contributed by atoms with E-state index in [1.54, 1.807) is 18.7 Å². The maximum atomic E-state index is 13.1. The number of thiophene rings is 2. The number of amides is 1. The van der Waals surface area contributed by atoms with Crippen LogP contribution in [0.2, 0.25) is 0 Å². The molecule has 1 N–H and O–H groups in total. The Labute approximate surface area is 225 Å². The summed E-state index contributed by atoms with van der Waals surface area (Å²) < 4.78 is 8.60. The zero-order valence-electron chi connectivity index (χ0n) is 22.1. The summed E-state index contributed by atoms with van der Waals surface area (Å²) in [4.78, 5) is 30.4. The Hall–Kier alpha value is -2.88. The number of carbonyl (C=O) groups excluding carboxylic acids is 1. The predicted octanol–water partition coefficient (Wildman–Crippen LogP) is 4.86. The molecule has 0 spiro atoms. The summed E-state index contributed by atoms with van der Waals surface area (Å²) in [6.45, 7) is 7.81. The van der Waals surface area contributed by atoms with Crippen LogP contribution in [0, 0.1) is 13.8 Å². The lowest BCUT2D eigenvalue weighted by Gasteiger charge is -2.37. The first-order valence-electron chi connectivity index (χ1n) is 12.7. The summed E-state index contributed by atoms with van der Waals surface area (Å²) in [5.41, 5.74) is 3.74. The van der Waals surface area contributed by atoms with Crippen LogP contribution >= 0.6 is 22.7 Å². The molecule has 37 heavy (non-hydrogen) atoms. The van der Waals surface area contributed by atoms with Crippen LogP contribution in [0.4, 0.5) is 5.00 Å². The number of piperidine rings is 1. The summed E-state index contributed by atoms with van der Waals surface area (Å²) in [6.07, 6.45) is 2.19. The first-order valence-corrected chi connectivity index (χ1v) is 14.4. The molecule has 1 aliphatic rings. The molecule has 0 saturated carbocycles. The Kier molecular flexibility index (Phi) is 7.29. The highest BCUT2D eigenvalue weighted by atomic mass is 32.2. The van der Waals surface area contributed by atoms with E-state index in [1.807, 2.05) is 40.9 Å². The molecule has 7 nitrogen and oxygen atoms in total. The molecule has 0 aliphatic carbocycles. The Morgan fingerprint density at radius 3 is 2.62 bits per heavy atom. The van der Waals surface area contributed by atoms with E-state index in [0.717, 1.165) is 43.4 Å². The highest BCUT2D eigenvalue weighted by Gasteiger charge is 2.26. The number of anilines is 1. The summed E-state index contributed by atoms with van der Waals surface area (Å²) in [5, 5.41) is 8.48. The average Bonchev–Trinajstić information content (AvgIpc) is 3.45. The molecule has 1 aromatic carbocycles. The third kappa shape index (κ3) is 4.76. The normalized spacial score (nSPS) is 14.9. The molecule has 1 aliphatic heterocycles. The van der Waals surface area contributed by atoms with Crippen LogP contribution in [0.5, 0.6) is 5.75 Å². The van der Waals surface area contributed by atoms with E-state index in [0.29, 0.717) is 23.9 Å². The highest BCUT2D eigenvalue weighted by molar-refractivity contribution is 7.39. The highest BCUT2D eigenvalue weighted by Crippen LogP contribution is 2.43. The van der Waals surface area contributed by atoms with Crippen molar-refractivity contribution in [3.05, 3.63) is 56.7 Å². The monoisotopic (exact) mass is 538 g/mol. The second-order valence-electron chi connectivity index (χ2n) is 9.81. The second-order valence-corrected chi connectivity index (χ2v) is 11.9. The lowest BCUT2D eigenvalue weighted by atomic mass is 10.0. The zero-order valence-corrected chi connectivity index (χ0v) is 23.7. The van der Waals surface area contributed by atoms with Gasteiger partial charge in [-0.3, -0.25) is 9.59 Å². The number of pyridine rings is 1. The minimum atomic E-state index is -0.262. The molecule has 196 valence electrons. The minimum Gasteiger partial charge on any atom is -0.497 e. The molecule has 3 aromatic heterocycles. The SMILES string of the molecule is CNC(=O)c1cc(=O)n(CCN2CCC(N(C)c3sc4scc(C)c4c3C)CC2)c2cc(OC)ccc12. The minimum absolute atomic E-state index is 0.169. The van der Waals surface area contributed by atoms with E-state index in [-0.39, 0.29) is 11.5 Å². The van der Waals surface area contributed by atoms with Crippen molar-refractivity contribution in [3.8, 4) is 5.75 Å². The Bertz CT molecular complexity index is 1510. The fraction of sp³-hybridized carbons (Fsp3) is 0.429. The van der Waals surface area contributed by atoms with Gasteiger partial charge in [0.2, 0.25) is 0 Å². The Morgan fingerprint density at radius 2 is 1.95 bits per heavy atom. The van der Waals surface area contributed by atoms with Crippen molar-refractivity contribution in [3.63, 3.8) is 0 Å². The Morgan fingerprint density at radius 1 is 1.19 bits per heavy atom. The van der Waals surface area contributed by atoms with Crippen molar-refractivity contribution in [2.75, 3.05) is 45.7 Å². The van der Waals surface area contributed by atoms with Crippen LogP contribution in [0.1, 0.15) is 34.3 Å². The quantitative estimate of drug-likeness (QED) is 0.364. The fourth-order valence-corrected chi connectivity index (χ4v) is 8.08. The van der Waals surface area contributed by atoms with Crippen LogP contribution in [-0.4, -0.2) is 62.3 Å².